The van der Waals surface area contributed by atoms with Crippen LogP contribution in [0.15, 0.2) is 12.3 Å². The summed E-state index contributed by atoms with van der Waals surface area (Å²) in [6.45, 7) is 6.21. The lowest BCUT2D eigenvalue weighted by atomic mass is 10.1. The van der Waals surface area contributed by atoms with Crippen LogP contribution in [0.3, 0.4) is 0 Å². The van der Waals surface area contributed by atoms with Gasteiger partial charge in [-0.25, -0.2) is 9.48 Å². The predicted molar refractivity (Wildman–Crippen MR) is 67.1 cm³/mol. The number of rotatable bonds is 4. The van der Waals surface area contributed by atoms with Crippen molar-refractivity contribution in [3.63, 3.8) is 0 Å². The second-order valence-corrected chi connectivity index (χ2v) is 4.91. The van der Waals surface area contributed by atoms with Crippen molar-refractivity contribution in [3.05, 3.63) is 23.0 Å². The third-order valence-electron chi connectivity index (χ3n) is 2.26. The summed E-state index contributed by atoms with van der Waals surface area (Å²) in [6.07, 6.45) is 1.81. The van der Waals surface area contributed by atoms with Crippen LogP contribution in [-0.2, 0) is 4.74 Å². The highest BCUT2D eigenvalue weighted by Gasteiger charge is 2.15. The molecule has 0 aliphatic heterocycles. The molecule has 7 heteroatoms. The van der Waals surface area contributed by atoms with Crippen LogP contribution in [-0.4, -0.2) is 32.6 Å². The molecule has 0 saturated heterocycles. The molecule has 0 aliphatic carbocycles. The summed E-state index contributed by atoms with van der Waals surface area (Å²) in [5, 5.41) is 12.9. The van der Waals surface area contributed by atoms with Crippen molar-refractivity contribution in [2.75, 3.05) is 6.61 Å². The Labute approximate surface area is 109 Å². The average molecular weight is 266 g/mol. The maximum Gasteiger partial charge on any atom is 0.369 e. The number of carbonyl (C=O) groups excluding carboxylic acids is 1. The first-order valence-corrected chi connectivity index (χ1v) is 6.50. The minimum Gasteiger partial charge on any atom is -0.461 e. The van der Waals surface area contributed by atoms with E-state index in [-0.39, 0.29) is 5.01 Å². The van der Waals surface area contributed by atoms with Crippen molar-refractivity contribution in [3.8, 4) is 5.13 Å². The fourth-order valence-corrected chi connectivity index (χ4v) is 2.01. The number of hydrogen-bond acceptors (Lipinski definition) is 6. The highest BCUT2D eigenvalue weighted by atomic mass is 32.1. The van der Waals surface area contributed by atoms with Gasteiger partial charge in [0.05, 0.1) is 12.3 Å². The van der Waals surface area contributed by atoms with Crippen LogP contribution in [0.4, 0.5) is 0 Å². The van der Waals surface area contributed by atoms with Gasteiger partial charge in [-0.15, -0.1) is 10.2 Å². The number of carbonyl (C=O) groups is 1. The SMILES string of the molecule is CCOC(=O)c1nnc(-n2ccc(C(C)C)n2)s1. The van der Waals surface area contributed by atoms with E-state index in [9.17, 15) is 4.79 Å². The molecule has 2 aromatic rings. The molecule has 2 aromatic heterocycles. The van der Waals surface area contributed by atoms with Gasteiger partial charge in [0.1, 0.15) is 0 Å². The second-order valence-electron chi connectivity index (χ2n) is 3.95. The van der Waals surface area contributed by atoms with E-state index in [1.165, 1.54) is 0 Å². The molecule has 2 heterocycles. The highest BCUT2D eigenvalue weighted by Crippen LogP contribution is 2.17. The number of ether oxygens (including phenoxy) is 1. The third kappa shape index (κ3) is 2.56. The first kappa shape index (κ1) is 12.7. The zero-order valence-electron chi connectivity index (χ0n) is 10.5. The van der Waals surface area contributed by atoms with Gasteiger partial charge in [0.25, 0.3) is 0 Å². The smallest absolute Gasteiger partial charge is 0.369 e. The van der Waals surface area contributed by atoms with E-state index in [1.807, 2.05) is 12.3 Å². The van der Waals surface area contributed by atoms with E-state index in [2.05, 4.69) is 29.1 Å². The monoisotopic (exact) mass is 266 g/mol. The molecule has 0 fully saturated rings. The molecule has 0 aliphatic rings. The molecule has 0 radical (unpaired) electrons. The lowest BCUT2D eigenvalue weighted by molar-refractivity contribution is 0.0525. The molecule has 0 N–H and O–H groups in total. The lowest BCUT2D eigenvalue weighted by Gasteiger charge is -1.97. The summed E-state index contributed by atoms with van der Waals surface area (Å²) in [5.74, 6) is -0.0961. The third-order valence-corrected chi connectivity index (χ3v) is 3.15. The zero-order chi connectivity index (χ0) is 13.1. The standard InChI is InChI=1S/C11H14N4O2S/c1-4-17-10(16)9-12-13-11(18-9)15-6-5-8(14-15)7(2)3/h5-7H,4H2,1-3H3. The van der Waals surface area contributed by atoms with Gasteiger partial charge in [0.15, 0.2) is 0 Å². The Bertz CT molecular complexity index is 547. The van der Waals surface area contributed by atoms with Gasteiger partial charge in [-0.05, 0) is 18.9 Å². The van der Waals surface area contributed by atoms with Crippen molar-refractivity contribution < 1.29 is 9.53 Å². The van der Waals surface area contributed by atoms with Crippen LogP contribution in [0.2, 0.25) is 0 Å². The largest absolute Gasteiger partial charge is 0.461 e. The summed E-state index contributed by atoms with van der Waals surface area (Å²) in [5.41, 5.74) is 0.975. The van der Waals surface area contributed by atoms with E-state index in [0.717, 1.165) is 17.0 Å². The first-order valence-electron chi connectivity index (χ1n) is 5.68. The van der Waals surface area contributed by atoms with E-state index in [0.29, 0.717) is 17.7 Å². The maximum absolute atomic E-state index is 11.5. The Kier molecular flexibility index (Phi) is 3.71. The summed E-state index contributed by atoms with van der Waals surface area (Å²) < 4.78 is 6.48. The van der Waals surface area contributed by atoms with Gasteiger partial charge < -0.3 is 4.74 Å². The van der Waals surface area contributed by atoms with Gasteiger partial charge in [-0.2, -0.15) is 5.10 Å². The summed E-state index contributed by atoms with van der Waals surface area (Å²) in [7, 11) is 0. The Balaban J connectivity index is 2.21. The Morgan fingerprint density at radius 2 is 2.28 bits per heavy atom. The van der Waals surface area contributed by atoms with E-state index in [1.54, 1.807) is 11.6 Å². The van der Waals surface area contributed by atoms with Crippen LogP contribution in [0.5, 0.6) is 0 Å². The Morgan fingerprint density at radius 1 is 1.50 bits per heavy atom. The normalized spacial score (nSPS) is 10.9. The van der Waals surface area contributed by atoms with Gasteiger partial charge in [0.2, 0.25) is 10.1 Å². The number of esters is 1. The molecule has 0 unspecified atom stereocenters. The van der Waals surface area contributed by atoms with Crippen molar-refractivity contribution in [1.29, 1.82) is 0 Å². The van der Waals surface area contributed by atoms with Crippen LogP contribution in [0.25, 0.3) is 5.13 Å². The average Bonchev–Trinajstić information content (AvgIpc) is 2.98. The molecule has 0 atom stereocenters. The highest BCUT2D eigenvalue weighted by molar-refractivity contribution is 7.15. The fraction of sp³-hybridized carbons (Fsp3) is 0.455. The second kappa shape index (κ2) is 5.26. The van der Waals surface area contributed by atoms with Gasteiger partial charge in [-0.1, -0.05) is 25.2 Å². The zero-order valence-corrected chi connectivity index (χ0v) is 11.3. The molecule has 96 valence electrons. The van der Waals surface area contributed by atoms with E-state index in [4.69, 9.17) is 4.74 Å². The summed E-state index contributed by atoms with van der Waals surface area (Å²) in [6, 6.07) is 1.93. The van der Waals surface area contributed by atoms with Crippen molar-refractivity contribution in [1.82, 2.24) is 20.0 Å². The molecule has 18 heavy (non-hydrogen) atoms. The van der Waals surface area contributed by atoms with Crippen LogP contribution < -0.4 is 0 Å². The van der Waals surface area contributed by atoms with E-state index < -0.39 is 5.97 Å². The minimum absolute atomic E-state index is 0.244. The number of aromatic nitrogens is 4. The van der Waals surface area contributed by atoms with Crippen LogP contribution in [0.1, 0.15) is 42.2 Å². The van der Waals surface area contributed by atoms with E-state index >= 15 is 0 Å². The van der Waals surface area contributed by atoms with Crippen LogP contribution in [0, 0.1) is 0 Å². The Hall–Kier alpha value is -1.76. The fourth-order valence-electron chi connectivity index (χ4n) is 1.34. The van der Waals surface area contributed by atoms with Gasteiger partial charge in [0, 0.05) is 6.20 Å². The molecule has 2 rings (SSSR count). The first-order chi connectivity index (χ1) is 8.61. The number of nitrogens with zero attached hydrogens (tertiary/aromatic N) is 4. The van der Waals surface area contributed by atoms with Gasteiger partial charge >= 0.3 is 5.97 Å². The van der Waals surface area contributed by atoms with Crippen molar-refractivity contribution in [2.45, 2.75) is 26.7 Å². The summed E-state index contributed by atoms with van der Waals surface area (Å²) >= 11 is 1.16. The molecule has 0 aromatic carbocycles. The molecular weight excluding hydrogens is 252 g/mol. The predicted octanol–water partition coefficient (Wildman–Crippen LogP) is 2.02. The molecular formula is C11H14N4O2S. The van der Waals surface area contributed by atoms with Crippen molar-refractivity contribution >= 4 is 17.3 Å². The Morgan fingerprint density at radius 3 is 2.89 bits per heavy atom. The minimum atomic E-state index is -0.447. The van der Waals surface area contributed by atoms with Gasteiger partial charge in [-0.3, -0.25) is 0 Å². The molecule has 0 spiro atoms. The molecule has 0 bridgehead atoms. The topological polar surface area (TPSA) is 69.9 Å². The number of hydrogen-bond donors (Lipinski definition) is 0. The quantitative estimate of drug-likeness (QED) is 0.792. The van der Waals surface area contributed by atoms with Crippen molar-refractivity contribution in [2.24, 2.45) is 0 Å². The van der Waals surface area contributed by atoms with Crippen LogP contribution >= 0.6 is 11.3 Å². The maximum atomic E-state index is 11.5. The summed E-state index contributed by atoms with van der Waals surface area (Å²) in [4.78, 5) is 11.5. The molecule has 6 nitrogen and oxygen atoms in total. The molecule has 0 amide bonds. The lowest BCUT2D eigenvalue weighted by Crippen LogP contribution is -2.03. The molecule has 0 saturated carbocycles.